The van der Waals surface area contributed by atoms with Crippen molar-refractivity contribution in [2.75, 3.05) is 5.75 Å². The number of carbonyl (C=O) groups excluding carboxylic acids is 1. The number of esters is 1. The second kappa shape index (κ2) is 9.04. The van der Waals surface area contributed by atoms with Gasteiger partial charge in [0, 0.05) is 16.8 Å². The zero-order chi connectivity index (χ0) is 17.3. The van der Waals surface area contributed by atoms with E-state index in [4.69, 9.17) is 4.74 Å². The van der Waals surface area contributed by atoms with E-state index in [0.717, 1.165) is 16.2 Å². The van der Waals surface area contributed by atoms with Gasteiger partial charge in [-0.25, -0.2) is 0 Å². The Labute approximate surface area is 152 Å². The molecule has 0 amide bonds. The average molecular weight is 349 g/mol. The molecule has 0 aliphatic heterocycles. The fraction of sp³-hybridized carbons (Fsp3) is 0.143. The van der Waals surface area contributed by atoms with Gasteiger partial charge < -0.3 is 4.74 Å². The highest BCUT2D eigenvalue weighted by Gasteiger charge is 2.19. The molecule has 3 rings (SSSR count). The van der Waals surface area contributed by atoms with Crippen LogP contribution in [0.3, 0.4) is 0 Å². The molecule has 0 spiro atoms. The third-order valence-electron chi connectivity index (χ3n) is 3.63. The van der Waals surface area contributed by atoms with Crippen LogP contribution in [-0.4, -0.2) is 16.7 Å². The Morgan fingerprint density at radius 2 is 1.60 bits per heavy atom. The van der Waals surface area contributed by atoms with Crippen LogP contribution in [0.4, 0.5) is 0 Å². The molecule has 0 saturated heterocycles. The Kier molecular flexibility index (Phi) is 6.23. The van der Waals surface area contributed by atoms with E-state index in [1.54, 1.807) is 18.0 Å². The summed E-state index contributed by atoms with van der Waals surface area (Å²) in [5.41, 5.74) is 1.66. The predicted octanol–water partition coefficient (Wildman–Crippen LogP) is 4.90. The van der Waals surface area contributed by atoms with Crippen molar-refractivity contribution in [2.24, 2.45) is 0 Å². The summed E-state index contributed by atoms with van der Waals surface area (Å²) in [6, 6.07) is 25.4. The van der Waals surface area contributed by atoms with Crippen LogP contribution < -0.4 is 0 Å². The summed E-state index contributed by atoms with van der Waals surface area (Å²) >= 11 is 1.65. The Morgan fingerprint density at radius 1 is 0.920 bits per heavy atom. The lowest BCUT2D eigenvalue weighted by molar-refractivity contribution is -0.147. The topological polar surface area (TPSA) is 39.2 Å². The first-order chi connectivity index (χ1) is 12.3. The molecule has 1 aromatic heterocycles. The largest absolute Gasteiger partial charge is 0.451 e. The van der Waals surface area contributed by atoms with Crippen LogP contribution in [-0.2, 0) is 9.53 Å². The van der Waals surface area contributed by atoms with Crippen molar-refractivity contribution in [2.45, 2.75) is 17.4 Å². The van der Waals surface area contributed by atoms with Gasteiger partial charge in [-0.3, -0.25) is 9.78 Å². The third kappa shape index (κ3) is 5.19. The summed E-state index contributed by atoms with van der Waals surface area (Å²) in [5, 5.41) is 0. The Morgan fingerprint density at radius 3 is 2.28 bits per heavy atom. The number of benzene rings is 2. The van der Waals surface area contributed by atoms with Crippen LogP contribution in [0.15, 0.2) is 90.0 Å². The first-order valence-electron chi connectivity index (χ1n) is 8.16. The number of thioether (sulfide) groups is 1. The Balaban J connectivity index is 1.63. The molecule has 0 aliphatic rings. The highest BCUT2D eigenvalue weighted by molar-refractivity contribution is 7.99. The van der Waals surface area contributed by atoms with Gasteiger partial charge in [0.1, 0.15) is 0 Å². The summed E-state index contributed by atoms with van der Waals surface area (Å²) < 4.78 is 5.75. The molecule has 1 atom stereocenters. The van der Waals surface area contributed by atoms with Crippen LogP contribution in [0.5, 0.6) is 0 Å². The first kappa shape index (κ1) is 17.2. The zero-order valence-corrected chi connectivity index (χ0v) is 14.6. The van der Waals surface area contributed by atoms with Gasteiger partial charge in [-0.2, -0.15) is 0 Å². The maximum atomic E-state index is 12.3. The van der Waals surface area contributed by atoms with Gasteiger partial charge in [-0.1, -0.05) is 54.6 Å². The second-order valence-corrected chi connectivity index (χ2v) is 6.62. The molecule has 126 valence electrons. The van der Waals surface area contributed by atoms with E-state index in [9.17, 15) is 4.79 Å². The molecular formula is C21H19NO2S. The maximum absolute atomic E-state index is 12.3. The summed E-state index contributed by atoms with van der Waals surface area (Å²) in [7, 11) is 0. The molecular weight excluding hydrogens is 330 g/mol. The van der Waals surface area contributed by atoms with Gasteiger partial charge in [0.25, 0.3) is 0 Å². The smallest absolute Gasteiger partial charge is 0.307 e. The van der Waals surface area contributed by atoms with Crippen LogP contribution in [0, 0.1) is 0 Å². The van der Waals surface area contributed by atoms with Crippen LogP contribution >= 0.6 is 11.8 Å². The minimum absolute atomic E-state index is 0.220. The summed E-state index contributed by atoms with van der Waals surface area (Å²) in [4.78, 5) is 17.8. The van der Waals surface area contributed by atoms with Crippen LogP contribution in [0.2, 0.25) is 0 Å². The quantitative estimate of drug-likeness (QED) is 0.449. The van der Waals surface area contributed by atoms with E-state index in [1.807, 2.05) is 78.9 Å². The molecule has 0 aliphatic carbocycles. The van der Waals surface area contributed by atoms with E-state index in [2.05, 4.69) is 4.98 Å². The molecule has 0 N–H and O–H groups in total. The minimum atomic E-state index is -0.475. The van der Waals surface area contributed by atoms with Crippen molar-refractivity contribution in [3.63, 3.8) is 0 Å². The molecule has 3 nitrogen and oxygen atoms in total. The molecule has 0 bridgehead atoms. The van der Waals surface area contributed by atoms with Crippen LogP contribution in [0.25, 0.3) is 0 Å². The van der Waals surface area contributed by atoms with E-state index in [0.29, 0.717) is 12.2 Å². The molecule has 1 unspecified atom stereocenters. The van der Waals surface area contributed by atoms with Gasteiger partial charge in [-0.05, 0) is 29.8 Å². The monoisotopic (exact) mass is 349 g/mol. The number of carbonyl (C=O) groups is 1. The van der Waals surface area contributed by atoms with Crippen molar-refractivity contribution >= 4 is 17.7 Å². The molecule has 3 aromatic rings. The van der Waals surface area contributed by atoms with Crippen molar-refractivity contribution in [3.05, 3.63) is 96.3 Å². The lowest BCUT2D eigenvalue weighted by atomic mass is 10.1. The van der Waals surface area contributed by atoms with Crippen molar-refractivity contribution in [3.8, 4) is 0 Å². The molecule has 2 aromatic carbocycles. The van der Waals surface area contributed by atoms with E-state index in [1.165, 1.54) is 0 Å². The lowest BCUT2D eigenvalue weighted by Gasteiger charge is -2.18. The SMILES string of the molecule is O=C(CCSc1ccccc1)OC(c1ccccc1)c1ccccn1. The Bertz CT molecular complexity index is 739. The normalized spacial score (nSPS) is 11.7. The fourth-order valence-electron chi connectivity index (χ4n) is 2.42. The first-order valence-corrected chi connectivity index (χ1v) is 9.15. The molecule has 0 fully saturated rings. The molecule has 0 saturated carbocycles. The number of aromatic nitrogens is 1. The van der Waals surface area contributed by atoms with Crippen LogP contribution in [0.1, 0.15) is 23.8 Å². The fourth-order valence-corrected chi connectivity index (χ4v) is 3.27. The third-order valence-corrected chi connectivity index (χ3v) is 4.64. The summed E-state index contributed by atoms with van der Waals surface area (Å²) in [6.45, 7) is 0. The zero-order valence-electron chi connectivity index (χ0n) is 13.7. The molecule has 25 heavy (non-hydrogen) atoms. The number of nitrogens with zero attached hydrogens (tertiary/aromatic N) is 1. The highest BCUT2D eigenvalue weighted by Crippen LogP contribution is 2.25. The number of hydrogen-bond donors (Lipinski definition) is 0. The van der Waals surface area contributed by atoms with Gasteiger partial charge in [-0.15, -0.1) is 11.8 Å². The van der Waals surface area contributed by atoms with Gasteiger partial charge >= 0.3 is 5.97 Å². The van der Waals surface area contributed by atoms with Crippen molar-refractivity contribution < 1.29 is 9.53 Å². The molecule has 4 heteroatoms. The van der Waals surface area contributed by atoms with Gasteiger partial charge in [0.05, 0.1) is 12.1 Å². The predicted molar refractivity (Wildman–Crippen MR) is 100 cm³/mol. The second-order valence-electron chi connectivity index (χ2n) is 5.45. The summed E-state index contributed by atoms with van der Waals surface area (Å²) in [6.07, 6.45) is 1.59. The van der Waals surface area contributed by atoms with Crippen molar-refractivity contribution in [1.82, 2.24) is 4.98 Å². The van der Waals surface area contributed by atoms with E-state index < -0.39 is 6.10 Å². The lowest BCUT2D eigenvalue weighted by Crippen LogP contribution is -2.14. The number of ether oxygens (including phenoxy) is 1. The maximum Gasteiger partial charge on any atom is 0.307 e. The number of rotatable bonds is 7. The van der Waals surface area contributed by atoms with E-state index >= 15 is 0 Å². The van der Waals surface area contributed by atoms with E-state index in [-0.39, 0.29) is 5.97 Å². The number of pyridine rings is 1. The highest BCUT2D eigenvalue weighted by atomic mass is 32.2. The average Bonchev–Trinajstić information content (AvgIpc) is 2.68. The van der Waals surface area contributed by atoms with Crippen molar-refractivity contribution in [1.29, 1.82) is 0 Å². The van der Waals surface area contributed by atoms with Gasteiger partial charge in [0.15, 0.2) is 6.10 Å². The Hall–Kier alpha value is -2.59. The summed E-state index contributed by atoms with van der Waals surface area (Å²) in [5.74, 6) is 0.468. The standard InChI is InChI=1S/C21H19NO2S/c23-20(14-16-25-18-11-5-2-6-12-18)24-21(17-9-3-1-4-10-17)19-13-7-8-15-22-19/h1-13,15,21H,14,16H2. The molecule has 0 radical (unpaired) electrons. The van der Waals surface area contributed by atoms with Gasteiger partial charge in [0.2, 0.25) is 0 Å². The minimum Gasteiger partial charge on any atom is -0.451 e. The molecule has 1 heterocycles. The number of hydrogen-bond acceptors (Lipinski definition) is 4.